The van der Waals surface area contributed by atoms with E-state index in [0.717, 1.165) is 20.3 Å². The van der Waals surface area contributed by atoms with E-state index in [0.29, 0.717) is 43.6 Å². The zero-order valence-electron chi connectivity index (χ0n) is 24.7. The Morgan fingerprint density at radius 1 is 1.16 bits per heavy atom. The molecular formula is C34H30IN3O5S. The molecule has 5 rings (SSSR count). The number of rotatable bonds is 9. The van der Waals surface area contributed by atoms with Crippen molar-refractivity contribution in [3.8, 4) is 17.6 Å². The molecule has 0 aliphatic carbocycles. The van der Waals surface area contributed by atoms with Crippen molar-refractivity contribution in [2.24, 2.45) is 4.99 Å². The molecule has 0 amide bonds. The summed E-state index contributed by atoms with van der Waals surface area (Å²) < 4.78 is 19.4. The number of aromatic nitrogens is 1. The number of methoxy groups -OCH3 is 1. The zero-order valence-corrected chi connectivity index (χ0v) is 27.6. The third-order valence-electron chi connectivity index (χ3n) is 7.12. The molecule has 0 spiro atoms. The molecule has 44 heavy (non-hydrogen) atoms. The van der Waals surface area contributed by atoms with Crippen LogP contribution in [0.1, 0.15) is 55.0 Å². The van der Waals surface area contributed by atoms with Crippen molar-refractivity contribution in [2.75, 3.05) is 20.3 Å². The summed E-state index contributed by atoms with van der Waals surface area (Å²) in [5.74, 6) is 0.715. The first-order chi connectivity index (χ1) is 21.3. The summed E-state index contributed by atoms with van der Waals surface area (Å²) in [5, 5.41) is 8.96. The molecule has 3 aromatic carbocycles. The van der Waals surface area contributed by atoms with Crippen molar-refractivity contribution < 1.29 is 19.0 Å². The molecule has 0 saturated heterocycles. The highest BCUT2D eigenvalue weighted by Crippen LogP contribution is 2.36. The fourth-order valence-corrected chi connectivity index (χ4v) is 6.82. The van der Waals surface area contributed by atoms with Gasteiger partial charge in [0.2, 0.25) is 0 Å². The van der Waals surface area contributed by atoms with E-state index in [4.69, 9.17) is 24.5 Å². The number of carbonyl (C=O) groups is 1. The first kappa shape index (κ1) is 31.2. The maximum Gasteiger partial charge on any atom is 0.338 e. The van der Waals surface area contributed by atoms with Gasteiger partial charge in [-0.05, 0) is 70.3 Å². The zero-order chi connectivity index (χ0) is 31.4. The van der Waals surface area contributed by atoms with Gasteiger partial charge in [0.25, 0.3) is 5.56 Å². The highest BCUT2D eigenvalue weighted by molar-refractivity contribution is 14.1. The summed E-state index contributed by atoms with van der Waals surface area (Å²) in [7, 11) is 1.52. The summed E-state index contributed by atoms with van der Waals surface area (Å²) in [6.45, 7) is 6.06. The van der Waals surface area contributed by atoms with Crippen LogP contribution in [0.25, 0.3) is 11.8 Å². The summed E-state index contributed by atoms with van der Waals surface area (Å²) in [6, 6.07) is 22.3. The predicted molar refractivity (Wildman–Crippen MR) is 178 cm³/mol. The molecule has 1 aliphatic rings. The Bertz CT molecular complexity index is 1960. The number of nitriles is 1. The minimum absolute atomic E-state index is 0.116. The molecular weight excluding hydrogens is 689 g/mol. The lowest BCUT2D eigenvalue weighted by Crippen LogP contribution is -2.40. The highest BCUT2D eigenvalue weighted by Gasteiger charge is 2.35. The Hall–Kier alpha value is -4.21. The topological polar surface area (TPSA) is 103 Å². The molecule has 2 heterocycles. The Labute approximate surface area is 272 Å². The van der Waals surface area contributed by atoms with Crippen LogP contribution < -0.4 is 24.4 Å². The summed E-state index contributed by atoms with van der Waals surface area (Å²) in [5.41, 5.74) is 3.91. The number of ether oxygens (including phenoxy) is 3. The van der Waals surface area contributed by atoms with Gasteiger partial charge in [0, 0.05) is 5.56 Å². The third kappa shape index (κ3) is 6.21. The average molecular weight is 720 g/mol. The summed E-state index contributed by atoms with van der Waals surface area (Å²) in [4.78, 5) is 33.3. The minimum atomic E-state index is -0.750. The second kappa shape index (κ2) is 13.6. The van der Waals surface area contributed by atoms with E-state index in [1.54, 1.807) is 23.6 Å². The lowest BCUT2D eigenvalue weighted by atomic mass is 9.91. The van der Waals surface area contributed by atoms with E-state index >= 15 is 0 Å². The number of thiazole rings is 1. The number of hydrogen-bond donors (Lipinski definition) is 0. The van der Waals surface area contributed by atoms with Crippen molar-refractivity contribution in [3.63, 3.8) is 0 Å². The Morgan fingerprint density at radius 2 is 1.89 bits per heavy atom. The Balaban J connectivity index is 1.77. The van der Waals surface area contributed by atoms with Gasteiger partial charge in [0.15, 0.2) is 22.9 Å². The molecule has 0 radical (unpaired) electrons. The molecule has 1 aromatic heterocycles. The van der Waals surface area contributed by atoms with Crippen LogP contribution in [-0.2, 0) is 9.53 Å². The van der Waals surface area contributed by atoms with E-state index in [9.17, 15) is 9.59 Å². The smallest absolute Gasteiger partial charge is 0.338 e. The predicted octanol–water partition coefficient (Wildman–Crippen LogP) is 5.57. The fourth-order valence-electron chi connectivity index (χ4n) is 5.04. The Morgan fingerprint density at radius 3 is 2.52 bits per heavy atom. The van der Waals surface area contributed by atoms with Crippen LogP contribution in [0.5, 0.6) is 11.5 Å². The molecule has 1 atom stereocenters. The van der Waals surface area contributed by atoms with Gasteiger partial charge in [-0.3, -0.25) is 9.36 Å². The second-order valence-electron chi connectivity index (χ2n) is 10.2. The summed E-state index contributed by atoms with van der Waals surface area (Å²) >= 11 is 3.37. The first-order valence-corrected chi connectivity index (χ1v) is 15.9. The largest absolute Gasteiger partial charge is 0.493 e. The standard InChI is InChI=1S/C34H30IN3O5S/c1-5-42-33(40)28-29(23-9-7-6-8-10-23)37-34-38(30(28)24-13-11-22(12-14-24)20(2)3)32(39)27(44-34)19-21-17-25(35)31(43-16-15-36)26(18-21)41-4/h6-14,17-20,30H,5,16H2,1-4H3/b27-19-/t30-/m1/s1. The lowest BCUT2D eigenvalue weighted by molar-refractivity contribution is -0.138. The van der Waals surface area contributed by atoms with E-state index in [-0.39, 0.29) is 18.8 Å². The number of hydrogen-bond acceptors (Lipinski definition) is 8. The quantitative estimate of drug-likeness (QED) is 0.166. The van der Waals surface area contributed by atoms with E-state index < -0.39 is 12.0 Å². The van der Waals surface area contributed by atoms with Gasteiger partial charge >= 0.3 is 5.97 Å². The maximum absolute atomic E-state index is 14.2. The van der Waals surface area contributed by atoms with Gasteiger partial charge in [0.1, 0.15) is 6.07 Å². The van der Waals surface area contributed by atoms with Gasteiger partial charge in [-0.1, -0.05) is 79.8 Å². The van der Waals surface area contributed by atoms with Gasteiger partial charge in [-0.15, -0.1) is 0 Å². The molecule has 4 aromatic rings. The molecule has 0 fully saturated rings. The maximum atomic E-state index is 14.2. The molecule has 224 valence electrons. The molecule has 1 aliphatic heterocycles. The van der Waals surface area contributed by atoms with Gasteiger partial charge in [0.05, 0.1) is 39.1 Å². The number of nitrogens with zero attached hydrogens (tertiary/aromatic N) is 3. The number of halogens is 1. The second-order valence-corrected chi connectivity index (χ2v) is 12.4. The van der Waals surface area contributed by atoms with E-state index in [1.165, 1.54) is 18.4 Å². The monoisotopic (exact) mass is 719 g/mol. The summed E-state index contributed by atoms with van der Waals surface area (Å²) in [6.07, 6.45) is 1.78. The molecule has 0 N–H and O–H groups in total. The van der Waals surface area contributed by atoms with Crippen molar-refractivity contribution in [1.29, 1.82) is 5.26 Å². The van der Waals surface area contributed by atoms with Crippen molar-refractivity contribution >= 4 is 51.7 Å². The number of carbonyl (C=O) groups excluding carboxylic acids is 1. The van der Waals surface area contributed by atoms with E-state index in [1.807, 2.05) is 66.7 Å². The van der Waals surface area contributed by atoms with Crippen LogP contribution in [0.15, 0.2) is 82.1 Å². The normalized spacial score (nSPS) is 14.6. The van der Waals surface area contributed by atoms with Crippen LogP contribution >= 0.6 is 33.9 Å². The van der Waals surface area contributed by atoms with Crippen molar-refractivity contribution in [3.05, 3.63) is 118 Å². The van der Waals surface area contributed by atoms with Crippen LogP contribution in [0.3, 0.4) is 0 Å². The molecule has 0 unspecified atom stereocenters. The van der Waals surface area contributed by atoms with Crippen LogP contribution in [0.2, 0.25) is 0 Å². The highest BCUT2D eigenvalue weighted by atomic mass is 127. The SMILES string of the molecule is CCOC(=O)C1=C(c2ccccc2)N=c2s/c(=C\c3cc(I)c(OCC#N)c(OC)c3)c(=O)n2[C@@H]1c1ccc(C(C)C)cc1. The van der Waals surface area contributed by atoms with Gasteiger partial charge in [-0.2, -0.15) is 5.26 Å². The first-order valence-electron chi connectivity index (χ1n) is 14.0. The van der Waals surface area contributed by atoms with Gasteiger partial charge < -0.3 is 14.2 Å². The number of benzene rings is 3. The van der Waals surface area contributed by atoms with Crippen LogP contribution in [-0.4, -0.2) is 30.9 Å². The average Bonchev–Trinajstić information content (AvgIpc) is 3.34. The third-order valence-corrected chi connectivity index (χ3v) is 8.91. The van der Waals surface area contributed by atoms with Crippen LogP contribution in [0.4, 0.5) is 0 Å². The number of esters is 1. The van der Waals surface area contributed by atoms with Crippen LogP contribution in [0, 0.1) is 14.9 Å². The van der Waals surface area contributed by atoms with E-state index in [2.05, 4.69) is 36.4 Å². The fraction of sp³-hybridized carbons (Fsp3) is 0.235. The Kier molecular flexibility index (Phi) is 9.66. The molecule has 10 heteroatoms. The van der Waals surface area contributed by atoms with Crippen molar-refractivity contribution in [2.45, 2.75) is 32.7 Å². The van der Waals surface area contributed by atoms with Gasteiger partial charge in [-0.25, -0.2) is 9.79 Å². The lowest BCUT2D eigenvalue weighted by Gasteiger charge is -2.26. The molecule has 8 nitrogen and oxygen atoms in total. The molecule has 0 bridgehead atoms. The minimum Gasteiger partial charge on any atom is -0.493 e. The number of fused-ring (bicyclic) bond motifs is 1. The molecule has 0 saturated carbocycles. The van der Waals surface area contributed by atoms with Crippen molar-refractivity contribution in [1.82, 2.24) is 4.57 Å².